The Morgan fingerprint density at radius 1 is 1.29 bits per heavy atom. The van der Waals surface area contributed by atoms with Gasteiger partial charge in [0.1, 0.15) is 5.75 Å². The second-order valence-electron chi connectivity index (χ2n) is 5.85. The average Bonchev–Trinajstić information content (AvgIpc) is 2.56. The summed E-state index contributed by atoms with van der Waals surface area (Å²) in [5.74, 6) is 0.602. The van der Waals surface area contributed by atoms with Crippen LogP contribution in [0.15, 0.2) is 29.1 Å². The molecule has 0 radical (unpaired) electrons. The number of hydrogen-bond donors (Lipinski definition) is 2. The van der Waals surface area contributed by atoms with Crippen molar-refractivity contribution in [3.05, 3.63) is 40.2 Å². The predicted molar refractivity (Wildman–Crippen MR) is 93.5 cm³/mol. The summed E-state index contributed by atoms with van der Waals surface area (Å²) in [7, 11) is 1.58. The molecule has 24 heavy (non-hydrogen) atoms. The first-order valence-electron chi connectivity index (χ1n) is 8.08. The molecule has 0 fully saturated rings. The van der Waals surface area contributed by atoms with Crippen LogP contribution in [0.1, 0.15) is 25.8 Å². The molecule has 2 rings (SSSR count). The number of hydrogen-bond acceptors (Lipinski definition) is 4. The zero-order valence-electron chi connectivity index (χ0n) is 14.3. The Morgan fingerprint density at radius 3 is 2.79 bits per heavy atom. The van der Waals surface area contributed by atoms with E-state index in [1.807, 2.05) is 32.0 Å². The average molecular weight is 332 g/mol. The van der Waals surface area contributed by atoms with E-state index in [4.69, 9.17) is 9.47 Å². The maximum absolute atomic E-state index is 12.1. The fourth-order valence-corrected chi connectivity index (χ4v) is 2.36. The Kier molecular flexibility index (Phi) is 6.37. The van der Waals surface area contributed by atoms with Crippen LogP contribution < -0.4 is 15.6 Å². The van der Waals surface area contributed by atoms with Gasteiger partial charge in [0.15, 0.2) is 0 Å². The third kappa shape index (κ3) is 5.09. The van der Waals surface area contributed by atoms with E-state index in [-0.39, 0.29) is 24.0 Å². The van der Waals surface area contributed by atoms with Crippen molar-refractivity contribution in [1.29, 1.82) is 0 Å². The first-order valence-corrected chi connectivity index (χ1v) is 8.08. The summed E-state index contributed by atoms with van der Waals surface area (Å²) >= 11 is 0. The van der Waals surface area contributed by atoms with Gasteiger partial charge in [0, 0.05) is 24.6 Å². The lowest BCUT2D eigenvalue weighted by molar-refractivity contribution is -0.121. The van der Waals surface area contributed by atoms with Gasteiger partial charge in [-0.3, -0.25) is 9.59 Å². The van der Waals surface area contributed by atoms with E-state index in [9.17, 15) is 9.59 Å². The van der Waals surface area contributed by atoms with Gasteiger partial charge < -0.3 is 19.8 Å². The maximum atomic E-state index is 12.1. The number of nitrogens with one attached hydrogen (secondary N) is 2. The molecule has 1 aromatic carbocycles. The number of aromatic amines is 1. The van der Waals surface area contributed by atoms with Crippen LogP contribution in [0, 0.1) is 0 Å². The van der Waals surface area contributed by atoms with E-state index >= 15 is 0 Å². The lowest BCUT2D eigenvalue weighted by Gasteiger charge is -2.09. The number of benzene rings is 1. The van der Waals surface area contributed by atoms with E-state index in [1.165, 1.54) is 0 Å². The van der Waals surface area contributed by atoms with Gasteiger partial charge in [-0.05, 0) is 43.9 Å². The standard InChI is InChI=1S/C18H24N2O4/c1-12(2)24-9-8-19-17(21)7-5-14-10-13-4-6-15(23-3)11-16(13)20-18(14)22/h4,6,10-12H,5,7-9H2,1-3H3,(H,19,21)(H,20,22). The minimum Gasteiger partial charge on any atom is -0.497 e. The highest BCUT2D eigenvalue weighted by molar-refractivity contribution is 5.81. The molecular weight excluding hydrogens is 308 g/mol. The van der Waals surface area contributed by atoms with E-state index < -0.39 is 0 Å². The Labute approximate surface area is 141 Å². The molecule has 0 aliphatic carbocycles. The number of carbonyl (C=O) groups excluding carboxylic acids is 1. The van der Waals surface area contributed by atoms with Crippen LogP contribution >= 0.6 is 0 Å². The number of amides is 1. The smallest absolute Gasteiger partial charge is 0.251 e. The van der Waals surface area contributed by atoms with Crippen LogP contribution in [0.3, 0.4) is 0 Å². The minimum atomic E-state index is -0.174. The second-order valence-corrected chi connectivity index (χ2v) is 5.85. The van der Waals surface area contributed by atoms with Gasteiger partial charge in [-0.25, -0.2) is 0 Å². The van der Waals surface area contributed by atoms with Crippen molar-refractivity contribution in [3.8, 4) is 5.75 Å². The van der Waals surface area contributed by atoms with Crippen molar-refractivity contribution in [1.82, 2.24) is 10.3 Å². The highest BCUT2D eigenvalue weighted by Gasteiger charge is 2.07. The van der Waals surface area contributed by atoms with Gasteiger partial charge in [-0.15, -0.1) is 0 Å². The molecule has 0 unspecified atom stereocenters. The van der Waals surface area contributed by atoms with E-state index in [1.54, 1.807) is 13.2 Å². The molecule has 0 saturated carbocycles. The summed E-state index contributed by atoms with van der Waals surface area (Å²) in [4.78, 5) is 26.8. The number of aromatic nitrogens is 1. The molecule has 0 bridgehead atoms. The van der Waals surface area contributed by atoms with Gasteiger partial charge in [0.2, 0.25) is 5.91 Å². The number of ether oxygens (including phenoxy) is 2. The molecule has 0 atom stereocenters. The fraction of sp³-hybridized carbons (Fsp3) is 0.444. The molecular formula is C18H24N2O4. The van der Waals surface area contributed by atoms with Crippen molar-refractivity contribution in [2.45, 2.75) is 32.8 Å². The van der Waals surface area contributed by atoms with Crippen LogP contribution in [-0.2, 0) is 16.0 Å². The summed E-state index contributed by atoms with van der Waals surface area (Å²) in [6, 6.07) is 7.33. The Hall–Kier alpha value is -2.34. The SMILES string of the molecule is COc1ccc2cc(CCC(=O)NCCOC(C)C)c(=O)[nH]c2c1. The van der Waals surface area contributed by atoms with Crippen molar-refractivity contribution < 1.29 is 14.3 Å². The first kappa shape index (κ1) is 18.0. The number of H-pyrrole nitrogens is 1. The highest BCUT2D eigenvalue weighted by Crippen LogP contribution is 2.18. The van der Waals surface area contributed by atoms with Gasteiger partial charge in [-0.2, -0.15) is 0 Å². The van der Waals surface area contributed by atoms with E-state index in [2.05, 4.69) is 10.3 Å². The summed E-state index contributed by atoms with van der Waals surface area (Å²) in [5, 5.41) is 3.70. The normalized spacial score (nSPS) is 11.0. The molecule has 0 saturated heterocycles. The number of rotatable bonds is 8. The van der Waals surface area contributed by atoms with Crippen molar-refractivity contribution >= 4 is 16.8 Å². The highest BCUT2D eigenvalue weighted by atomic mass is 16.5. The second kappa shape index (κ2) is 8.49. The van der Waals surface area contributed by atoms with Gasteiger partial charge in [-0.1, -0.05) is 0 Å². The monoisotopic (exact) mass is 332 g/mol. The third-order valence-corrected chi connectivity index (χ3v) is 3.63. The topological polar surface area (TPSA) is 80.4 Å². The van der Waals surface area contributed by atoms with Gasteiger partial charge in [0.05, 0.1) is 25.3 Å². The van der Waals surface area contributed by atoms with E-state index in [0.29, 0.717) is 30.9 Å². The fourth-order valence-electron chi connectivity index (χ4n) is 2.36. The van der Waals surface area contributed by atoms with Crippen LogP contribution in [-0.4, -0.2) is 37.3 Å². The van der Waals surface area contributed by atoms with Crippen LogP contribution in [0.4, 0.5) is 0 Å². The zero-order valence-corrected chi connectivity index (χ0v) is 14.3. The Morgan fingerprint density at radius 2 is 2.08 bits per heavy atom. The quantitative estimate of drug-likeness (QED) is 0.725. The van der Waals surface area contributed by atoms with Gasteiger partial charge >= 0.3 is 0 Å². The molecule has 2 N–H and O–H groups in total. The molecule has 130 valence electrons. The Bertz CT molecular complexity index is 752. The molecule has 0 spiro atoms. The van der Waals surface area contributed by atoms with E-state index in [0.717, 1.165) is 10.9 Å². The summed E-state index contributed by atoms with van der Waals surface area (Å²) in [6.45, 7) is 4.86. The molecule has 1 amide bonds. The lowest BCUT2D eigenvalue weighted by Crippen LogP contribution is -2.28. The molecule has 0 aliphatic rings. The molecule has 1 aromatic heterocycles. The molecule has 1 heterocycles. The first-order chi connectivity index (χ1) is 11.5. The largest absolute Gasteiger partial charge is 0.497 e. The number of fused-ring (bicyclic) bond motifs is 1. The predicted octanol–water partition coefficient (Wildman–Crippen LogP) is 2.01. The van der Waals surface area contributed by atoms with Crippen LogP contribution in [0.5, 0.6) is 5.75 Å². The zero-order chi connectivity index (χ0) is 17.5. The summed E-state index contributed by atoms with van der Waals surface area (Å²) in [5.41, 5.74) is 1.14. The molecule has 0 aliphatic heterocycles. The number of pyridine rings is 1. The van der Waals surface area contributed by atoms with Crippen molar-refractivity contribution in [2.24, 2.45) is 0 Å². The number of carbonyl (C=O) groups is 1. The number of methoxy groups -OCH3 is 1. The van der Waals surface area contributed by atoms with Crippen LogP contribution in [0.25, 0.3) is 10.9 Å². The summed E-state index contributed by atoms with van der Waals surface area (Å²) in [6.07, 6.45) is 0.817. The lowest BCUT2D eigenvalue weighted by atomic mass is 10.1. The third-order valence-electron chi connectivity index (χ3n) is 3.63. The summed E-state index contributed by atoms with van der Waals surface area (Å²) < 4.78 is 10.5. The molecule has 6 nitrogen and oxygen atoms in total. The molecule has 2 aromatic rings. The number of aryl methyl sites for hydroxylation is 1. The van der Waals surface area contributed by atoms with Crippen molar-refractivity contribution in [3.63, 3.8) is 0 Å². The molecule has 6 heteroatoms. The van der Waals surface area contributed by atoms with Crippen LogP contribution in [0.2, 0.25) is 0 Å². The van der Waals surface area contributed by atoms with Gasteiger partial charge in [0.25, 0.3) is 5.56 Å². The maximum Gasteiger partial charge on any atom is 0.251 e. The van der Waals surface area contributed by atoms with Crippen molar-refractivity contribution in [2.75, 3.05) is 20.3 Å². The minimum absolute atomic E-state index is 0.0865. The Balaban J connectivity index is 1.94.